The third-order valence-corrected chi connectivity index (χ3v) is 3.45. The minimum absolute atomic E-state index is 0.717. The number of hydrogen-bond acceptors (Lipinski definition) is 3. The van der Waals surface area contributed by atoms with Crippen LogP contribution in [-0.2, 0) is 13.1 Å². The van der Waals surface area contributed by atoms with Crippen LogP contribution in [0, 0.1) is 13.8 Å². The number of imidazole rings is 1. The molecule has 0 saturated heterocycles. The third-order valence-electron chi connectivity index (χ3n) is 3.45. The molecule has 0 amide bonds. The second-order valence-electron chi connectivity index (χ2n) is 5.08. The molecule has 2 heterocycles. The second-order valence-corrected chi connectivity index (χ2v) is 5.08. The van der Waals surface area contributed by atoms with Gasteiger partial charge in [0.1, 0.15) is 17.3 Å². The molecule has 4 heteroatoms. The molecule has 18 heavy (non-hydrogen) atoms. The minimum Gasteiger partial charge on any atom is -0.463 e. The first-order valence-corrected chi connectivity index (χ1v) is 6.51. The Hall–Kier alpha value is -1.55. The first-order chi connectivity index (χ1) is 8.72. The molecule has 0 aromatic carbocycles. The Morgan fingerprint density at radius 1 is 1.44 bits per heavy atom. The molecule has 2 aromatic heterocycles. The van der Waals surface area contributed by atoms with Gasteiger partial charge in [0.05, 0.1) is 13.1 Å². The third kappa shape index (κ3) is 2.48. The largest absolute Gasteiger partial charge is 0.463 e. The smallest absolute Gasteiger partial charge is 0.124 e. The molecule has 0 spiro atoms. The van der Waals surface area contributed by atoms with Gasteiger partial charge >= 0.3 is 0 Å². The fourth-order valence-electron chi connectivity index (χ4n) is 2.11. The lowest BCUT2D eigenvalue weighted by atomic mass is 10.2. The average molecular weight is 245 g/mol. The predicted octanol–water partition coefficient (Wildman–Crippen LogP) is 2.39. The standard InChI is InChI=1S/C14H19N3O/c1-10-7-13(9-17-6-5-15-11(17)2)18-14(10)8-16-12-3-4-12/h5-7,12,16H,3-4,8-9H2,1-2H3. The van der Waals surface area contributed by atoms with Gasteiger partial charge in [-0.25, -0.2) is 4.98 Å². The molecule has 3 rings (SSSR count). The summed E-state index contributed by atoms with van der Waals surface area (Å²) < 4.78 is 8.00. The van der Waals surface area contributed by atoms with Crippen LogP contribution in [0.15, 0.2) is 22.9 Å². The number of rotatable bonds is 5. The number of aryl methyl sites for hydroxylation is 2. The van der Waals surface area contributed by atoms with Crippen LogP contribution in [0.2, 0.25) is 0 Å². The van der Waals surface area contributed by atoms with Gasteiger partial charge in [0.2, 0.25) is 0 Å². The van der Waals surface area contributed by atoms with Crippen molar-refractivity contribution in [2.75, 3.05) is 0 Å². The molecule has 0 aliphatic heterocycles. The zero-order valence-corrected chi connectivity index (χ0v) is 10.9. The topological polar surface area (TPSA) is 43.0 Å². The Bertz CT molecular complexity index is 537. The van der Waals surface area contributed by atoms with E-state index >= 15 is 0 Å². The maximum absolute atomic E-state index is 5.91. The Morgan fingerprint density at radius 2 is 2.28 bits per heavy atom. The van der Waals surface area contributed by atoms with E-state index in [4.69, 9.17) is 4.42 Å². The highest BCUT2D eigenvalue weighted by atomic mass is 16.3. The van der Waals surface area contributed by atoms with Gasteiger partial charge in [-0.2, -0.15) is 0 Å². The van der Waals surface area contributed by atoms with Crippen molar-refractivity contribution in [1.82, 2.24) is 14.9 Å². The predicted molar refractivity (Wildman–Crippen MR) is 69.4 cm³/mol. The number of furan rings is 1. The Morgan fingerprint density at radius 3 is 2.94 bits per heavy atom. The Balaban J connectivity index is 1.68. The molecule has 0 bridgehead atoms. The molecule has 1 aliphatic carbocycles. The Labute approximate surface area is 107 Å². The molecular weight excluding hydrogens is 226 g/mol. The lowest BCUT2D eigenvalue weighted by Crippen LogP contribution is -2.15. The van der Waals surface area contributed by atoms with Crippen LogP contribution < -0.4 is 5.32 Å². The highest BCUT2D eigenvalue weighted by Crippen LogP contribution is 2.21. The molecular formula is C14H19N3O. The van der Waals surface area contributed by atoms with Gasteiger partial charge in [-0.15, -0.1) is 0 Å². The summed E-state index contributed by atoms with van der Waals surface area (Å²) in [7, 11) is 0. The quantitative estimate of drug-likeness (QED) is 0.879. The summed E-state index contributed by atoms with van der Waals surface area (Å²) >= 11 is 0. The van der Waals surface area contributed by atoms with E-state index in [1.165, 1.54) is 18.4 Å². The van der Waals surface area contributed by atoms with E-state index in [1.807, 2.05) is 19.3 Å². The van der Waals surface area contributed by atoms with Crippen molar-refractivity contribution in [1.29, 1.82) is 0 Å². The van der Waals surface area contributed by atoms with Crippen molar-refractivity contribution in [2.45, 2.75) is 45.8 Å². The maximum Gasteiger partial charge on any atom is 0.124 e. The summed E-state index contributed by atoms with van der Waals surface area (Å²) in [6.45, 7) is 5.72. The van der Waals surface area contributed by atoms with Crippen LogP contribution in [0.4, 0.5) is 0 Å². The van der Waals surface area contributed by atoms with Crippen molar-refractivity contribution in [3.8, 4) is 0 Å². The fourth-order valence-corrected chi connectivity index (χ4v) is 2.11. The van der Waals surface area contributed by atoms with E-state index in [1.54, 1.807) is 0 Å². The van der Waals surface area contributed by atoms with Gasteiger partial charge in [0, 0.05) is 18.4 Å². The van der Waals surface area contributed by atoms with Crippen molar-refractivity contribution >= 4 is 0 Å². The first-order valence-electron chi connectivity index (χ1n) is 6.51. The molecule has 2 aromatic rings. The van der Waals surface area contributed by atoms with Gasteiger partial charge in [-0.3, -0.25) is 0 Å². The highest BCUT2D eigenvalue weighted by molar-refractivity contribution is 5.20. The first kappa shape index (κ1) is 11.5. The van der Waals surface area contributed by atoms with Crippen molar-refractivity contribution in [3.63, 3.8) is 0 Å². The zero-order chi connectivity index (χ0) is 12.5. The van der Waals surface area contributed by atoms with Crippen LogP contribution in [0.3, 0.4) is 0 Å². The molecule has 1 aliphatic rings. The maximum atomic E-state index is 5.91. The normalized spacial score (nSPS) is 15.2. The van der Waals surface area contributed by atoms with Crippen molar-refractivity contribution < 1.29 is 4.42 Å². The lowest BCUT2D eigenvalue weighted by Gasteiger charge is -2.02. The molecule has 0 atom stereocenters. The summed E-state index contributed by atoms with van der Waals surface area (Å²) in [5.74, 6) is 3.08. The number of nitrogens with zero attached hydrogens (tertiary/aromatic N) is 2. The number of aromatic nitrogens is 2. The summed E-state index contributed by atoms with van der Waals surface area (Å²) in [5.41, 5.74) is 1.23. The SMILES string of the molecule is Cc1cc(Cn2ccnc2C)oc1CNC1CC1. The highest BCUT2D eigenvalue weighted by Gasteiger charge is 2.21. The van der Waals surface area contributed by atoms with Gasteiger partial charge in [0.15, 0.2) is 0 Å². The van der Waals surface area contributed by atoms with Crippen LogP contribution in [0.5, 0.6) is 0 Å². The summed E-state index contributed by atoms with van der Waals surface area (Å²) in [4.78, 5) is 4.22. The van der Waals surface area contributed by atoms with Crippen LogP contribution in [0.1, 0.15) is 35.7 Å². The van der Waals surface area contributed by atoms with E-state index in [-0.39, 0.29) is 0 Å². The van der Waals surface area contributed by atoms with Gasteiger partial charge in [-0.1, -0.05) is 0 Å². The van der Waals surface area contributed by atoms with E-state index in [9.17, 15) is 0 Å². The molecule has 4 nitrogen and oxygen atoms in total. The summed E-state index contributed by atoms with van der Waals surface area (Å²) in [6.07, 6.45) is 6.41. The molecule has 1 fully saturated rings. The van der Waals surface area contributed by atoms with E-state index in [0.717, 1.165) is 30.4 Å². The second kappa shape index (κ2) is 4.61. The van der Waals surface area contributed by atoms with Crippen LogP contribution >= 0.6 is 0 Å². The monoisotopic (exact) mass is 245 g/mol. The molecule has 96 valence electrons. The van der Waals surface area contributed by atoms with Crippen molar-refractivity contribution in [3.05, 3.63) is 41.4 Å². The van der Waals surface area contributed by atoms with Crippen LogP contribution in [-0.4, -0.2) is 15.6 Å². The average Bonchev–Trinajstić information content (AvgIpc) is 3.00. The van der Waals surface area contributed by atoms with Crippen LogP contribution in [0.25, 0.3) is 0 Å². The lowest BCUT2D eigenvalue weighted by molar-refractivity contribution is 0.434. The minimum atomic E-state index is 0.717. The number of nitrogens with one attached hydrogen (secondary N) is 1. The fraction of sp³-hybridized carbons (Fsp3) is 0.500. The summed E-state index contributed by atoms with van der Waals surface area (Å²) in [5, 5.41) is 3.48. The van der Waals surface area contributed by atoms with E-state index in [2.05, 4.69) is 27.9 Å². The van der Waals surface area contributed by atoms with E-state index < -0.39 is 0 Å². The zero-order valence-electron chi connectivity index (χ0n) is 10.9. The molecule has 0 radical (unpaired) electrons. The molecule has 1 saturated carbocycles. The van der Waals surface area contributed by atoms with Gasteiger partial charge < -0.3 is 14.3 Å². The number of hydrogen-bond donors (Lipinski definition) is 1. The van der Waals surface area contributed by atoms with E-state index in [0.29, 0.717) is 6.04 Å². The van der Waals surface area contributed by atoms with Gasteiger partial charge in [0.25, 0.3) is 0 Å². The molecule has 0 unspecified atom stereocenters. The summed E-state index contributed by atoms with van der Waals surface area (Å²) in [6, 6.07) is 2.84. The Kier molecular flexibility index (Phi) is 2.96. The van der Waals surface area contributed by atoms with Gasteiger partial charge in [-0.05, 0) is 38.3 Å². The molecule has 1 N–H and O–H groups in total. The van der Waals surface area contributed by atoms with Crippen molar-refractivity contribution in [2.24, 2.45) is 0 Å².